The van der Waals surface area contributed by atoms with E-state index in [9.17, 15) is 0 Å². The lowest BCUT2D eigenvalue weighted by molar-refractivity contribution is 0.606. The molecular formula is C12H14BrN3S. The highest BCUT2D eigenvalue weighted by Gasteiger charge is 2.07. The van der Waals surface area contributed by atoms with Gasteiger partial charge in [0.05, 0.1) is 10.7 Å². The van der Waals surface area contributed by atoms with E-state index in [1.165, 1.54) is 5.01 Å². The van der Waals surface area contributed by atoms with Crippen LogP contribution in [0, 0.1) is 0 Å². The molecule has 5 heteroatoms. The number of halogens is 1. The Hall–Kier alpha value is -0.780. The normalized spacial score (nSPS) is 12.6. The van der Waals surface area contributed by atoms with Crippen LogP contribution in [-0.4, -0.2) is 16.5 Å². The van der Waals surface area contributed by atoms with Gasteiger partial charge in [-0.2, -0.15) is 0 Å². The van der Waals surface area contributed by atoms with Crippen molar-refractivity contribution >= 4 is 27.3 Å². The summed E-state index contributed by atoms with van der Waals surface area (Å²) in [6.07, 6.45) is 3.67. The third-order valence-corrected chi connectivity index (χ3v) is 3.89. The molecule has 0 radical (unpaired) electrons. The Morgan fingerprint density at radius 3 is 2.94 bits per heavy atom. The molecule has 2 aromatic rings. The van der Waals surface area contributed by atoms with E-state index in [0.717, 1.165) is 23.3 Å². The van der Waals surface area contributed by atoms with Gasteiger partial charge in [-0.1, -0.05) is 6.92 Å². The van der Waals surface area contributed by atoms with Gasteiger partial charge < -0.3 is 5.32 Å². The van der Waals surface area contributed by atoms with E-state index in [-0.39, 0.29) is 0 Å². The molecule has 1 N–H and O–H groups in total. The largest absolute Gasteiger partial charge is 0.310 e. The smallest absolute Gasteiger partial charge is 0.0965 e. The third kappa shape index (κ3) is 3.87. The molecule has 0 aliphatic rings. The fraction of sp³-hybridized carbons (Fsp3) is 0.333. The lowest BCUT2D eigenvalue weighted by Crippen LogP contribution is -2.20. The highest BCUT2D eigenvalue weighted by molar-refractivity contribution is 9.10. The van der Waals surface area contributed by atoms with E-state index in [1.54, 1.807) is 11.3 Å². The van der Waals surface area contributed by atoms with Crippen molar-refractivity contribution in [1.82, 2.24) is 15.3 Å². The predicted molar refractivity (Wildman–Crippen MR) is 74.2 cm³/mol. The molecule has 0 aliphatic heterocycles. The molecule has 2 aromatic heterocycles. The van der Waals surface area contributed by atoms with Crippen LogP contribution in [0.15, 0.2) is 34.4 Å². The van der Waals surface area contributed by atoms with Crippen molar-refractivity contribution in [3.05, 3.63) is 45.1 Å². The van der Waals surface area contributed by atoms with E-state index >= 15 is 0 Å². The van der Waals surface area contributed by atoms with Crippen LogP contribution in [0.2, 0.25) is 0 Å². The zero-order valence-corrected chi connectivity index (χ0v) is 12.0. The van der Waals surface area contributed by atoms with Crippen molar-refractivity contribution < 1.29 is 0 Å². The van der Waals surface area contributed by atoms with Gasteiger partial charge in [-0.15, -0.1) is 11.3 Å². The first-order valence-electron chi connectivity index (χ1n) is 5.46. The molecule has 2 rings (SSSR count). The average Bonchev–Trinajstić information content (AvgIpc) is 2.85. The monoisotopic (exact) mass is 311 g/mol. The summed E-state index contributed by atoms with van der Waals surface area (Å²) >= 11 is 5.08. The predicted octanol–water partition coefficient (Wildman–Crippen LogP) is 3.19. The van der Waals surface area contributed by atoms with Gasteiger partial charge in [0.15, 0.2) is 0 Å². The van der Waals surface area contributed by atoms with Crippen molar-refractivity contribution in [2.45, 2.75) is 19.4 Å². The van der Waals surface area contributed by atoms with Crippen LogP contribution in [-0.2, 0) is 6.54 Å². The fourth-order valence-electron chi connectivity index (χ4n) is 1.49. The molecule has 0 aliphatic carbocycles. The Morgan fingerprint density at radius 1 is 1.41 bits per heavy atom. The molecule has 0 bridgehead atoms. The van der Waals surface area contributed by atoms with E-state index in [2.05, 4.69) is 38.1 Å². The zero-order chi connectivity index (χ0) is 12.1. The van der Waals surface area contributed by atoms with Gasteiger partial charge in [0.25, 0.3) is 0 Å². The second-order valence-corrected chi connectivity index (χ2v) is 5.71. The molecule has 0 fully saturated rings. The summed E-state index contributed by atoms with van der Waals surface area (Å²) in [6.45, 7) is 3.90. The Kier molecular flexibility index (Phi) is 4.65. The Labute approximate surface area is 113 Å². The number of hydrogen-bond donors (Lipinski definition) is 1. The number of aromatic nitrogens is 2. The fourth-order valence-corrected chi connectivity index (χ4v) is 2.43. The van der Waals surface area contributed by atoms with Crippen LogP contribution < -0.4 is 5.32 Å². The number of nitrogens with zero attached hydrogens (tertiary/aromatic N) is 2. The second kappa shape index (κ2) is 6.23. The molecule has 1 unspecified atom stereocenters. The quantitative estimate of drug-likeness (QED) is 0.921. The first-order valence-corrected chi connectivity index (χ1v) is 7.13. The Balaban J connectivity index is 1.78. The summed E-state index contributed by atoms with van der Waals surface area (Å²) in [5.41, 5.74) is 1.06. The summed E-state index contributed by atoms with van der Waals surface area (Å²) in [5, 5.41) is 6.60. The first-order chi connectivity index (χ1) is 8.25. The van der Waals surface area contributed by atoms with Crippen LogP contribution in [0.25, 0.3) is 0 Å². The minimum Gasteiger partial charge on any atom is -0.310 e. The molecule has 0 spiro atoms. The van der Waals surface area contributed by atoms with Crippen molar-refractivity contribution in [3.8, 4) is 0 Å². The summed E-state index contributed by atoms with van der Waals surface area (Å²) in [6, 6.07) is 4.03. The number of thiazole rings is 1. The van der Waals surface area contributed by atoms with Crippen LogP contribution in [0.4, 0.5) is 0 Å². The number of nitrogens with one attached hydrogen (secondary N) is 1. The molecule has 0 saturated heterocycles. The first kappa shape index (κ1) is 12.7. The second-order valence-electron chi connectivity index (χ2n) is 3.87. The number of hydrogen-bond acceptors (Lipinski definition) is 4. The maximum absolute atomic E-state index is 4.32. The molecule has 2 heterocycles. The van der Waals surface area contributed by atoms with Gasteiger partial charge in [0, 0.05) is 41.3 Å². The van der Waals surface area contributed by atoms with Gasteiger partial charge in [-0.25, -0.2) is 4.98 Å². The lowest BCUT2D eigenvalue weighted by atomic mass is 10.2. The van der Waals surface area contributed by atoms with Crippen LogP contribution in [0.5, 0.6) is 0 Å². The maximum atomic E-state index is 4.32. The SMILES string of the molecule is CC(CNCc1ccc(Br)cn1)c1nccs1. The molecule has 17 heavy (non-hydrogen) atoms. The standard InChI is InChI=1S/C12H14BrN3S/c1-9(12-15-4-5-17-12)6-14-8-11-3-2-10(13)7-16-11/h2-5,7,9,14H,6,8H2,1H3. The van der Waals surface area contributed by atoms with E-state index < -0.39 is 0 Å². The van der Waals surface area contributed by atoms with Gasteiger partial charge in [0.1, 0.15) is 0 Å². The van der Waals surface area contributed by atoms with Crippen molar-refractivity contribution in [2.75, 3.05) is 6.54 Å². The number of rotatable bonds is 5. The number of pyridine rings is 1. The molecule has 0 saturated carbocycles. The Morgan fingerprint density at radius 2 is 2.29 bits per heavy atom. The van der Waals surface area contributed by atoms with Crippen LogP contribution in [0.3, 0.4) is 0 Å². The summed E-state index contributed by atoms with van der Waals surface area (Å²) in [4.78, 5) is 8.63. The van der Waals surface area contributed by atoms with Crippen molar-refractivity contribution in [3.63, 3.8) is 0 Å². The summed E-state index contributed by atoms with van der Waals surface area (Å²) < 4.78 is 1.01. The van der Waals surface area contributed by atoms with Gasteiger partial charge >= 0.3 is 0 Å². The highest BCUT2D eigenvalue weighted by Crippen LogP contribution is 2.16. The molecular weight excluding hydrogens is 298 g/mol. The van der Waals surface area contributed by atoms with Crippen LogP contribution in [0.1, 0.15) is 23.5 Å². The van der Waals surface area contributed by atoms with E-state index in [0.29, 0.717) is 5.92 Å². The minimum atomic E-state index is 0.449. The molecule has 3 nitrogen and oxygen atoms in total. The molecule has 1 atom stereocenters. The van der Waals surface area contributed by atoms with E-state index in [1.807, 2.05) is 29.9 Å². The highest BCUT2D eigenvalue weighted by atomic mass is 79.9. The van der Waals surface area contributed by atoms with Crippen molar-refractivity contribution in [1.29, 1.82) is 0 Å². The third-order valence-electron chi connectivity index (χ3n) is 2.42. The van der Waals surface area contributed by atoms with Gasteiger partial charge in [-0.3, -0.25) is 4.98 Å². The molecule has 90 valence electrons. The van der Waals surface area contributed by atoms with Crippen LogP contribution >= 0.6 is 27.3 Å². The molecule has 0 aromatic carbocycles. The zero-order valence-electron chi connectivity index (χ0n) is 9.56. The van der Waals surface area contributed by atoms with E-state index in [4.69, 9.17) is 0 Å². The van der Waals surface area contributed by atoms with Gasteiger partial charge in [-0.05, 0) is 28.1 Å². The Bertz CT molecular complexity index is 441. The topological polar surface area (TPSA) is 37.8 Å². The summed E-state index contributed by atoms with van der Waals surface area (Å²) in [5.74, 6) is 0.449. The minimum absolute atomic E-state index is 0.449. The molecule has 0 amide bonds. The van der Waals surface area contributed by atoms with Gasteiger partial charge in [0.2, 0.25) is 0 Å². The lowest BCUT2D eigenvalue weighted by Gasteiger charge is -2.09. The van der Waals surface area contributed by atoms with Crippen molar-refractivity contribution in [2.24, 2.45) is 0 Å². The summed E-state index contributed by atoms with van der Waals surface area (Å²) in [7, 11) is 0. The maximum Gasteiger partial charge on any atom is 0.0965 e. The average molecular weight is 312 g/mol.